The first-order valence-electron chi connectivity index (χ1n) is 8.88. The van der Waals surface area contributed by atoms with Gasteiger partial charge in [-0.05, 0) is 50.2 Å². The molecule has 0 saturated carbocycles. The van der Waals surface area contributed by atoms with E-state index >= 15 is 0 Å². The monoisotopic (exact) mass is 463 g/mol. The van der Waals surface area contributed by atoms with Gasteiger partial charge in [0, 0.05) is 15.6 Å². The van der Waals surface area contributed by atoms with Crippen molar-refractivity contribution >= 4 is 34.0 Å². The number of halogens is 1. The number of hydrazone groups is 1. The van der Waals surface area contributed by atoms with Crippen molar-refractivity contribution < 1.29 is 23.8 Å². The Bertz CT molecular complexity index is 902. The highest BCUT2D eigenvalue weighted by molar-refractivity contribution is 9.10. The second kappa shape index (κ2) is 11.1. The summed E-state index contributed by atoms with van der Waals surface area (Å²) in [4.78, 5) is 23.3. The standard InChI is InChI=1S/C20H22BrN3O5/c1-3-27-17-7-5-13(10-18(17)28-4-2)20(26)24-23-11-14-9-15(21)6-8-16(14)29-12-19(22)25/h5-11H,3-4,12H2,1-2H3,(H2,22,25)(H,24,26)/b23-11+. The number of rotatable bonds is 10. The maximum atomic E-state index is 12.4. The van der Waals surface area contributed by atoms with Crippen LogP contribution in [0.3, 0.4) is 0 Å². The van der Waals surface area contributed by atoms with Crippen LogP contribution in [0.1, 0.15) is 29.8 Å². The number of nitrogens with two attached hydrogens (primary N) is 1. The first-order valence-corrected chi connectivity index (χ1v) is 9.67. The zero-order valence-corrected chi connectivity index (χ0v) is 17.7. The lowest BCUT2D eigenvalue weighted by atomic mass is 10.2. The molecule has 2 aromatic rings. The Morgan fingerprint density at radius 2 is 1.72 bits per heavy atom. The molecule has 29 heavy (non-hydrogen) atoms. The Morgan fingerprint density at radius 3 is 2.41 bits per heavy atom. The minimum atomic E-state index is -0.593. The summed E-state index contributed by atoms with van der Waals surface area (Å²) in [5, 5.41) is 3.97. The quantitative estimate of drug-likeness (QED) is 0.415. The van der Waals surface area contributed by atoms with Gasteiger partial charge in [-0.3, -0.25) is 9.59 Å². The molecule has 8 nitrogen and oxygen atoms in total. The number of hydrogen-bond donors (Lipinski definition) is 2. The van der Waals surface area contributed by atoms with E-state index in [0.717, 1.165) is 4.47 Å². The normalized spacial score (nSPS) is 10.6. The predicted octanol–water partition coefficient (Wildman–Crippen LogP) is 2.87. The van der Waals surface area contributed by atoms with Crippen LogP contribution in [0, 0.1) is 0 Å². The lowest BCUT2D eigenvalue weighted by molar-refractivity contribution is -0.119. The number of carbonyl (C=O) groups excluding carboxylic acids is 2. The second-order valence-electron chi connectivity index (χ2n) is 5.66. The smallest absolute Gasteiger partial charge is 0.271 e. The Labute approximate surface area is 177 Å². The van der Waals surface area contributed by atoms with E-state index < -0.39 is 11.8 Å². The Kier molecular flexibility index (Phi) is 8.47. The molecule has 0 aromatic heterocycles. The van der Waals surface area contributed by atoms with Gasteiger partial charge in [0.25, 0.3) is 11.8 Å². The van der Waals surface area contributed by atoms with E-state index in [0.29, 0.717) is 41.6 Å². The van der Waals surface area contributed by atoms with Crippen LogP contribution in [-0.4, -0.2) is 37.8 Å². The number of nitrogens with zero attached hydrogens (tertiary/aromatic N) is 1. The average Bonchev–Trinajstić information content (AvgIpc) is 2.68. The van der Waals surface area contributed by atoms with E-state index in [1.165, 1.54) is 6.21 Å². The van der Waals surface area contributed by atoms with Crippen molar-refractivity contribution in [3.8, 4) is 17.2 Å². The molecule has 0 unspecified atom stereocenters. The maximum Gasteiger partial charge on any atom is 0.271 e. The molecule has 0 aliphatic heterocycles. The van der Waals surface area contributed by atoms with Crippen LogP contribution in [0.2, 0.25) is 0 Å². The highest BCUT2D eigenvalue weighted by Crippen LogP contribution is 2.28. The Morgan fingerprint density at radius 1 is 1.03 bits per heavy atom. The molecule has 2 amide bonds. The number of benzene rings is 2. The minimum Gasteiger partial charge on any atom is -0.490 e. The molecule has 0 fully saturated rings. The van der Waals surface area contributed by atoms with Crippen LogP contribution in [0.5, 0.6) is 17.2 Å². The van der Waals surface area contributed by atoms with Gasteiger partial charge in [0.2, 0.25) is 0 Å². The summed E-state index contributed by atoms with van der Waals surface area (Å²) in [5.41, 5.74) is 8.48. The number of primary amides is 1. The summed E-state index contributed by atoms with van der Waals surface area (Å²) in [5.74, 6) is 0.453. The molecule has 0 heterocycles. The Hall–Kier alpha value is -3.07. The van der Waals surface area contributed by atoms with Gasteiger partial charge < -0.3 is 19.9 Å². The van der Waals surface area contributed by atoms with Crippen LogP contribution in [0.15, 0.2) is 46.0 Å². The van der Waals surface area contributed by atoms with E-state index in [-0.39, 0.29) is 6.61 Å². The van der Waals surface area contributed by atoms with Crippen molar-refractivity contribution in [3.63, 3.8) is 0 Å². The van der Waals surface area contributed by atoms with E-state index in [4.69, 9.17) is 19.9 Å². The topological polar surface area (TPSA) is 112 Å². The van der Waals surface area contributed by atoms with Crippen LogP contribution in [-0.2, 0) is 4.79 Å². The summed E-state index contributed by atoms with van der Waals surface area (Å²) in [6.45, 7) is 4.39. The summed E-state index contributed by atoms with van der Waals surface area (Å²) in [6.07, 6.45) is 1.41. The average molecular weight is 464 g/mol. The van der Waals surface area contributed by atoms with E-state index in [1.807, 2.05) is 13.8 Å². The fraction of sp³-hybridized carbons (Fsp3) is 0.250. The van der Waals surface area contributed by atoms with Crippen LogP contribution >= 0.6 is 15.9 Å². The second-order valence-corrected chi connectivity index (χ2v) is 6.58. The van der Waals surface area contributed by atoms with Crippen molar-refractivity contribution in [1.29, 1.82) is 0 Å². The number of nitrogens with one attached hydrogen (secondary N) is 1. The first-order chi connectivity index (χ1) is 13.9. The third kappa shape index (κ3) is 6.79. The molecule has 0 radical (unpaired) electrons. The van der Waals surface area contributed by atoms with E-state index in [1.54, 1.807) is 36.4 Å². The van der Waals surface area contributed by atoms with Crippen LogP contribution in [0.4, 0.5) is 0 Å². The van der Waals surface area contributed by atoms with Crippen molar-refractivity contribution in [3.05, 3.63) is 52.0 Å². The van der Waals surface area contributed by atoms with Gasteiger partial charge in [-0.15, -0.1) is 0 Å². The summed E-state index contributed by atoms with van der Waals surface area (Å²) >= 11 is 3.35. The number of carbonyl (C=O) groups is 2. The first kappa shape index (κ1) is 22.2. The maximum absolute atomic E-state index is 12.4. The summed E-state index contributed by atoms with van der Waals surface area (Å²) in [7, 11) is 0. The van der Waals surface area contributed by atoms with Crippen molar-refractivity contribution in [2.24, 2.45) is 10.8 Å². The Balaban J connectivity index is 2.12. The molecule has 0 aliphatic carbocycles. The van der Waals surface area contributed by atoms with Crippen molar-refractivity contribution in [2.45, 2.75) is 13.8 Å². The highest BCUT2D eigenvalue weighted by Gasteiger charge is 2.11. The molecule has 3 N–H and O–H groups in total. The lowest BCUT2D eigenvalue weighted by Crippen LogP contribution is -2.20. The van der Waals surface area contributed by atoms with Gasteiger partial charge in [-0.25, -0.2) is 5.43 Å². The van der Waals surface area contributed by atoms with Crippen LogP contribution in [0.25, 0.3) is 0 Å². The molecular formula is C20H22BrN3O5. The third-order valence-electron chi connectivity index (χ3n) is 3.52. The molecular weight excluding hydrogens is 442 g/mol. The molecule has 0 atom stereocenters. The molecule has 2 rings (SSSR count). The highest BCUT2D eigenvalue weighted by atomic mass is 79.9. The number of ether oxygens (including phenoxy) is 3. The van der Waals surface area contributed by atoms with Gasteiger partial charge >= 0.3 is 0 Å². The molecule has 0 aliphatic rings. The zero-order valence-electron chi connectivity index (χ0n) is 16.1. The predicted molar refractivity (Wildman–Crippen MR) is 113 cm³/mol. The molecule has 154 valence electrons. The van der Waals surface area contributed by atoms with Crippen molar-refractivity contribution in [2.75, 3.05) is 19.8 Å². The van der Waals surface area contributed by atoms with Gasteiger partial charge in [0.05, 0.1) is 19.4 Å². The largest absolute Gasteiger partial charge is 0.490 e. The van der Waals surface area contributed by atoms with Crippen molar-refractivity contribution in [1.82, 2.24) is 5.43 Å². The van der Waals surface area contributed by atoms with Gasteiger partial charge in [0.1, 0.15) is 5.75 Å². The third-order valence-corrected chi connectivity index (χ3v) is 4.01. The van der Waals surface area contributed by atoms with Gasteiger partial charge in [-0.2, -0.15) is 5.10 Å². The minimum absolute atomic E-state index is 0.263. The summed E-state index contributed by atoms with van der Waals surface area (Å²) in [6, 6.07) is 10.0. The molecule has 0 bridgehead atoms. The zero-order chi connectivity index (χ0) is 21.2. The molecule has 0 saturated heterocycles. The van der Waals surface area contributed by atoms with E-state index in [9.17, 15) is 9.59 Å². The van der Waals surface area contributed by atoms with Gasteiger partial charge in [-0.1, -0.05) is 15.9 Å². The number of amides is 2. The fourth-order valence-corrected chi connectivity index (χ4v) is 2.70. The van der Waals surface area contributed by atoms with E-state index in [2.05, 4.69) is 26.5 Å². The summed E-state index contributed by atoms with van der Waals surface area (Å²) < 4.78 is 17.1. The SMILES string of the molecule is CCOc1ccc(C(=O)N/N=C/c2cc(Br)ccc2OCC(N)=O)cc1OCC. The number of hydrogen-bond acceptors (Lipinski definition) is 6. The molecule has 2 aromatic carbocycles. The molecule has 9 heteroatoms. The lowest BCUT2D eigenvalue weighted by Gasteiger charge is -2.11. The fourth-order valence-electron chi connectivity index (χ4n) is 2.32. The van der Waals surface area contributed by atoms with Crippen LogP contribution < -0.4 is 25.4 Å². The molecule has 0 spiro atoms. The van der Waals surface area contributed by atoms with Gasteiger partial charge in [0.15, 0.2) is 18.1 Å².